The molecule has 5 nitrogen and oxygen atoms in total. The molecule has 1 aromatic carbocycles. The number of rotatable bonds is 4. The molecule has 0 bridgehead atoms. The molecule has 0 amide bonds. The first kappa shape index (κ1) is 13.1. The Morgan fingerprint density at radius 2 is 2.33 bits per heavy atom. The fourth-order valence-electron chi connectivity index (χ4n) is 1.39. The summed E-state index contributed by atoms with van der Waals surface area (Å²) in [7, 11) is 1.54. The van der Waals surface area contributed by atoms with Crippen LogP contribution in [0.25, 0.3) is 11.5 Å². The van der Waals surface area contributed by atoms with Gasteiger partial charge >= 0.3 is 0 Å². The van der Waals surface area contributed by atoms with Crippen molar-refractivity contribution < 1.29 is 13.7 Å². The van der Waals surface area contributed by atoms with E-state index in [2.05, 4.69) is 26.1 Å². The summed E-state index contributed by atoms with van der Waals surface area (Å²) in [6, 6.07) is 3.99. The second-order valence-corrected chi connectivity index (χ2v) is 4.50. The molecule has 1 aromatic heterocycles. The van der Waals surface area contributed by atoms with Crippen LogP contribution in [0.15, 0.2) is 27.2 Å². The van der Waals surface area contributed by atoms with Crippen LogP contribution >= 0.6 is 15.9 Å². The highest BCUT2D eigenvalue weighted by atomic mass is 79.9. The van der Waals surface area contributed by atoms with Gasteiger partial charge in [0.25, 0.3) is 5.89 Å². The topological polar surface area (TPSA) is 74.2 Å². The summed E-state index contributed by atoms with van der Waals surface area (Å²) in [6.45, 7) is 0.298. The van der Waals surface area contributed by atoms with Crippen LogP contribution in [0.3, 0.4) is 0 Å². The lowest BCUT2D eigenvalue weighted by atomic mass is 10.2. The quantitative estimate of drug-likeness (QED) is 0.937. The van der Waals surface area contributed by atoms with Gasteiger partial charge in [0, 0.05) is 12.7 Å². The average molecular weight is 316 g/mol. The molecule has 7 heteroatoms. The Balaban J connectivity index is 2.26. The van der Waals surface area contributed by atoms with Crippen LogP contribution in [0.5, 0.6) is 0 Å². The molecule has 1 atom stereocenters. The lowest BCUT2D eigenvalue weighted by molar-refractivity contribution is 0.177. The molecule has 0 spiro atoms. The van der Waals surface area contributed by atoms with Crippen LogP contribution < -0.4 is 5.73 Å². The highest BCUT2D eigenvalue weighted by Crippen LogP contribution is 2.24. The molecule has 0 aliphatic heterocycles. The van der Waals surface area contributed by atoms with E-state index in [0.717, 1.165) is 0 Å². The number of benzene rings is 1. The van der Waals surface area contributed by atoms with Gasteiger partial charge in [0.05, 0.1) is 17.1 Å². The van der Waals surface area contributed by atoms with Crippen molar-refractivity contribution in [3.8, 4) is 11.5 Å². The third-order valence-electron chi connectivity index (χ3n) is 2.29. The van der Waals surface area contributed by atoms with E-state index in [1.165, 1.54) is 13.2 Å². The van der Waals surface area contributed by atoms with Crippen molar-refractivity contribution in [3.63, 3.8) is 0 Å². The summed E-state index contributed by atoms with van der Waals surface area (Å²) >= 11 is 3.09. The Morgan fingerprint density at radius 3 is 3.00 bits per heavy atom. The normalized spacial score (nSPS) is 12.7. The Labute approximate surface area is 111 Å². The first-order chi connectivity index (χ1) is 8.61. The van der Waals surface area contributed by atoms with E-state index >= 15 is 0 Å². The molecular weight excluding hydrogens is 305 g/mol. The molecule has 0 saturated heterocycles. The van der Waals surface area contributed by atoms with Gasteiger partial charge in [0.1, 0.15) is 5.82 Å². The highest BCUT2D eigenvalue weighted by molar-refractivity contribution is 9.10. The summed E-state index contributed by atoms with van der Waals surface area (Å²) in [5.41, 5.74) is 6.39. The summed E-state index contributed by atoms with van der Waals surface area (Å²) in [5.74, 6) is 0.291. The number of halogens is 2. The van der Waals surface area contributed by atoms with Gasteiger partial charge in [-0.3, -0.25) is 0 Å². The summed E-state index contributed by atoms with van der Waals surface area (Å²) in [6.07, 6.45) is 0. The smallest absolute Gasteiger partial charge is 0.258 e. The van der Waals surface area contributed by atoms with Gasteiger partial charge in [-0.05, 0) is 34.1 Å². The zero-order valence-corrected chi connectivity index (χ0v) is 11.1. The van der Waals surface area contributed by atoms with E-state index in [0.29, 0.717) is 22.5 Å². The molecular formula is C11H11BrFN3O2. The SMILES string of the molecule is COCC(N)c1noc(-c2ccc(F)c(Br)c2)n1. The summed E-state index contributed by atoms with van der Waals surface area (Å²) < 4.78 is 23.4. The van der Waals surface area contributed by atoms with Crippen molar-refractivity contribution in [3.05, 3.63) is 34.3 Å². The maximum absolute atomic E-state index is 13.1. The minimum atomic E-state index is -0.448. The Hall–Kier alpha value is -1.31. The van der Waals surface area contributed by atoms with E-state index in [4.69, 9.17) is 15.0 Å². The third-order valence-corrected chi connectivity index (χ3v) is 2.89. The van der Waals surface area contributed by atoms with Gasteiger partial charge in [-0.25, -0.2) is 4.39 Å². The van der Waals surface area contributed by atoms with E-state index in [-0.39, 0.29) is 11.7 Å². The predicted molar refractivity (Wildman–Crippen MR) is 66.2 cm³/mol. The molecule has 2 aromatic rings. The molecule has 0 radical (unpaired) electrons. The van der Waals surface area contributed by atoms with Gasteiger partial charge in [-0.1, -0.05) is 5.16 Å². The van der Waals surface area contributed by atoms with Crippen LogP contribution in [0.4, 0.5) is 4.39 Å². The van der Waals surface area contributed by atoms with Crippen LogP contribution in [0, 0.1) is 5.82 Å². The van der Waals surface area contributed by atoms with Crippen molar-refractivity contribution in [2.45, 2.75) is 6.04 Å². The van der Waals surface area contributed by atoms with Gasteiger partial charge in [-0.2, -0.15) is 4.98 Å². The molecule has 0 aliphatic rings. The zero-order valence-electron chi connectivity index (χ0n) is 9.56. The van der Waals surface area contributed by atoms with Crippen molar-refractivity contribution in [2.24, 2.45) is 5.73 Å². The summed E-state index contributed by atoms with van der Waals surface area (Å²) in [4.78, 5) is 4.14. The van der Waals surface area contributed by atoms with Crippen molar-refractivity contribution in [1.82, 2.24) is 10.1 Å². The van der Waals surface area contributed by atoms with E-state index in [9.17, 15) is 4.39 Å². The number of nitrogens with two attached hydrogens (primary N) is 1. The maximum Gasteiger partial charge on any atom is 0.258 e. The lowest BCUT2D eigenvalue weighted by Gasteiger charge is -2.03. The number of nitrogens with zero attached hydrogens (tertiary/aromatic N) is 2. The largest absolute Gasteiger partial charge is 0.383 e. The second-order valence-electron chi connectivity index (χ2n) is 3.65. The van der Waals surface area contributed by atoms with Crippen LogP contribution in [-0.4, -0.2) is 23.9 Å². The molecule has 0 saturated carbocycles. The molecule has 0 fully saturated rings. The van der Waals surface area contributed by atoms with E-state index in [1.807, 2.05) is 0 Å². The first-order valence-electron chi connectivity index (χ1n) is 5.15. The number of hydrogen-bond acceptors (Lipinski definition) is 5. The minimum Gasteiger partial charge on any atom is -0.383 e. The van der Waals surface area contributed by atoms with Crippen molar-refractivity contribution in [1.29, 1.82) is 0 Å². The summed E-state index contributed by atoms with van der Waals surface area (Å²) in [5, 5.41) is 3.76. The lowest BCUT2D eigenvalue weighted by Crippen LogP contribution is -2.17. The Kier molecular flexibility index (Phi) is 4.05. The fraction of sp³-hybridized carbons (Fsp3) is 0.273. The Morgan fingerprint density at radius 1 is 1.56 bits per heavy atom. The van der Waals surface area contributed by atoms with Gasteiger partial charge in [0.2, 0.25) is 0 Å². The first-order valence-corrected chi connectivity index (χ1v) is 5.94. The monoisotopic (exact) mass is 315 g/mol. The predicted octanol–water partition coefficient (Wildman–Crippen LogP) is 2.28. The van der Waals surface area contributed by atoms with Crippen LogP contribution in [0.2, 0.25) is 0 Å². The zero-order chi connectivity index (χ0) is 13.1. The van der Waals surface area contributed by atoms with Gasteiger partial charge in [0.15, 0.2) is 5.82 Å². The highest BCUT2D eigenvalue weighted by Gasteiger charge is 2.15. The number of hydrogen-bond donors (Lipinski definition) is 1. The van der Waals surface area contributed by atoms with Crippen molar-refractivity contribution in [2.75, 3.05) is 13.7 Å². The molecule has 2 N–H and O–H groups in total. The maximum atomic E-state index is 13.1. The van der Waals surface area contributed by atoms with Crippen LogP contribution in [-0.2, 0) is 4.74 Å². The molecule has 1 heterocycles. The molecule has 96 valence electrons. The second kappa shape index (κ2) is 5.55. The fourth-order valence-corrected chi connectivity index (χ4v) is 1.76. The molecule has 18 heavy (non-hydrogen) atoms. The Bertz CT molecular complexity index is 547. The minimum absolute atomic E-state index is 0.289. The molecule has 0 aliphatic carbocycles. The van der Waals surface area contributed by atoms with E-state index < -0.39 is 6.04 Å². The van der Waals surface area contributed by atoms with Crippen LogP contribution in [0.1, 0.15) is 11.9 Å². The number of aromatic nitrogens is 2. The number of ether oxygens (including phenoxy) is 1. The molecule has 1 unspecified atom stereocenters. The van der Waals surface area contributed by atoms with Gasteiger partial charge < -0.3 is 15.0 Å². The van der Waals surface area contributed by atoms with E-state index in [1.54, 1.807) is 12.1 Å². The average Bonchev–Trinajstić information content (AvgIpc) is 2.82. The molecule has 2 rings (SSSR count). The number of methoxy groups -OCH3 is 1. The van der Waals surface area contributed by atoms with Gasteiger partial charge in [-0.15, -0.1) is 0 Å². The standard InChI is InChI=1S/C11H11BrFN3O2/c1-17-5-9(14)10-15-11(18-16-10)6-2-3-8(13)7(12)4-6/h2-4,9H,5,14H2,1H3. The third kappa shape index (κ3) is 2.74. The van der Waals surface area contributed by atoms with Crippen molar-refractivity contribution >= 4 is 15.9 Å².